The fraction of sp³-hybridized carbons (Fsp3) is 0.357. The Bertz CT molecular complexity index is 818. The summed E-state index contributed by atoms with van der Waals surface area (Å²) in [4.78, 5) is 8.91. The molecule has 0 aliphatic rings. The van der Waals surface area contributed by atoms with Crippen molar-refractivity contribution in [1.82, 2.24) is 24.1 Å². The predicted octanol–water partition coefficient (Wildman–Crippen LogP) is 1.76. The molecule has 7 nitrogen and oxygen atoms in total. The Labute approximate surface area is 122 Å². The number of aryl methyl sites for hydroxylation is 2. The smallest absolute Gasteiger partial charge is 0.240 e. The largest absolute Gasteiger partial charge is 0.482 e. The molecule has 0 unspecified atom stereocenters. The second-order valence-electron chi connectivity index (χ2n) is 4.81. The number of imidazole rings is 1. The Balaban J connectivity index is 2.26. The Morgan fingerprint density at radius 2 is 1.86 bits per heavy atom. The summed E-state index contributed by atoms with van der Waals surface area (Å²) >= 11 is 0. The molecule has 0 spiro atoms. The van der Waals surface area contributed by atoms with Crippen LogP contribution in [0.5, 0.6) is 11.8 Å². The van der Waals surface area contributed by atoms with E-state index in [1.165, 1.54) is 0 Å². The van der Waals surface area contributed by atoms with Crippen LogP contribution in [-0.4, -0.2) is 38.4 Å². The van der Waals surface area contributed by atoms with Crippen LogP contribution in [0.1, 0.15) is 11.4 Å². The zero-order valence-electron chi connectivity index (χ0n) is 12.7. The Morgan fingerprint density at radius 3 is 2.43 bits per heavy atom. The molecule has 0 aliphatic heterocycles. The van der Waals surface area contributed by atoms with Crippen molar-refractivity contribution >= 4 is 5.78 Å². The molecular weight excluding hydrogens is 270 g/mol. The lowest BCUT2D eigenvalue weighted by Crippen LogP contribution is -1.97. The molecule has 3 aromatic rings. The molecule has 3 heterocycles. The van der Waals surface area contributed by atoms with Crippen LogP contribution in [0.3, 0.4) is 0 Å². The molecule has 0 radical (unpaired) electrons. The Morgan fingerprint density at radius 1 is 1.10 bits per heavy atom. The van der Waals surface area contributed by atoms with Gasteiger partial charge >= 0.3 is 0 Å². The molecule has 0 saturated heterocycles. The van der Waals surface area contributed by atoms with Gasteiger partial charge < -0.3 is 9.47 Å². The molecule has 0 atom stereocenters. The number of hydrogen-bond acceptors (Lipinski definition) is 5. The van der Waals surface area contributed by atoms with Gasteiger partial charge in [0.2, 0.25) is 17.5 Å². The first-order chi connectivity index (χ1) is 10.0. The normalized spacial score (nSPS) is 11.1. The van der Waals surface area contributed by atoms with E-state index in [9.17, 15) is 0 Å². The van der Waals surface area contributed by atoms with Gasteiger partial charge in [0.1, 0.15) is 0 Å². The van der Waals surface area contributed by atoms with E-state index in [1.807, 2.05) is 31.8 Å². The van der Waals surface area contributed by atoms with Crippen molar-refractivity contribution in [2.24, 2.45) is 7.05 Å². The van der Waals surface area contributed by atoms with E-state index in [0.29, 0.717) is 17.5 Å². The van der Waals surface area contributed by atoms with Crippen LogP contribution in [0.15, 0.2) is 12.3 Å². The van der Waals surface area contributed by atoms with Gasteiger partial charge in [-0.25, -0.2) is 4.98 Å². The van der Waals surface area contributed by atoms with Gasteiger partial charge in [-0.1, -0.05) is 0 Å². The van der Waals surface area contributed by atoms with E-state index in [1.54, 1.807) is 24.7 Å². The van der Waals surface area contributed by atoms with Crippen LogP contribution >= 0.6 is 0 Å². The third-order valence-electron chi connectivity index (χ3n) is 3.57. The third kappa shape index (κ3) is 2.01. The van der Waals surface area contributed by atoms with Gasteiger partial charge in [0.05, 0.1) is 31.7 Å². The molecule has 0 aromatic carbocycles. The summed E-state index contributed by atoms with van der Waals surface area (Å²) in [5, 5.41) is 4.42. The van der Waals surface area contributed by atoms with Gasteiger partial charge in [0, 0.05) is 24.5 Å². The van der Waals surface area contributed by atoms with Crippen molar-refractivity contribution < 1.29 is 9.47 Å². The second-order valence-corrected chi connectivity index (χ2v) is 4.81. The van der Waals surface area contributed by atoms with Gasteiger partial charge in [-0.2, -0.15) is 10.1 Å². The molecule has 3 rings (SSSR count). The second kappa shape index (κ2) is 4.76. The van der Waals surface area contributed by atoms with Gasteiger partial charge in [-0.15, -0.1) is 0 Å². The van der Waals surface area contributed by atoms with Crippen LogP contribution in [0.4, 0.5) is 0 Å². The maximum Gasteiger partial charge on any atom is 0.240 e. The SMILES string of the molecule is COc1cc(OC)n2cc(-c3c(C)nn(C)c3C)nc2n1. The third-order valence-corrected chi connectivity index (χ3v) is 3.57. The van der Waals surface area contributed by atoms with Crippen LogP contribution in [0.25, 0.3) is 17.0 Å². The van der Waals surface area contributed by atoms with Crippen molar-refractivity contribution in [3.63, 3.8) is 0 Å². The summed E-state index contributed by atoms with van der Waals surface area (Å²) < 4.78 is 14.2. The van der Waals surface area contributed by atoms with E-state index in [4.69, 9.17) is 9.47 Å². The quantitative estimate of drug-likeness (QED) is 0.734. The van der Waals surface area contributed by atoms with Crippen molar-refractivity contribution in [3.05, 3.63) is 23.7 Å². The van der Waals surface area contributed by atoms with Crippen molar-refractivity contribution in [3.8, 4) is 23.0 Å². The van der Waals surface area contributed by atoms with E-state index in [2.05, 4.69) is 15.1 Å². The average molecular weight is 287 g/mol. The first-order valence-corrected chi connectivity index (χ1v) is 6.54. The molecule has 0 fully saturated rings. The number of fused-ring (bicyclic) bond motifs is 1. The molecule has 110 valence electrons. The highest BCUT2D eigenvalue weighted by Crippen LogP contribution is 2.28. The number of aromatic nitrogens is 5. The minimum Gasteiger partial charge on any atom is -0.482 e. The first-order valence-electron chi connectivity index (χ1n) is 6.54. The average Bonchev–Trinajstić information content (AvgIpc) is 2.98. The van der Waals surface area contributed by atoms with Crippen molar-refractivity contribution in [2.45, 2.75) is 13.8 Å². The number of nitrogens with zero attached hydrogens (tertiary/aromatic N) is 5. The van der Waals surface area contributed by atoms with Crippen LogP contribution in [0, 0.1) is 13.8 Å². The monoisotopic (exact) mass is 287 g/mol. The highest BCUT2D eigenvalue weighted by Gasteiger charge is 2.17. The molecule has 0 amide bonds. The van der Waals surface area contributed by atoms with Crippen LogP contribution in [0.2, 0.25) is 0 Å². The highest BCUT2D eigenvalue weighted by atomic mass is 16.5. The van der Waals surface area contributed by atoms with E-state index in [0.717, 1.165) is 22.6 Å². The Kier molecular flexibility index (Phi) is 3.04. The number of methoxy groups -OCH3 is 2. The molecule has 3 aromatic heterocycles. The van der Waals surface area contributed by atoms with E-state index in [-0.39, 0.29) is 0 Å². The fourth-order valence-electron chi connectivity index (χ4n) is 2.44. The fourth-order valence-corrected chi connectivity index (χ4v) is 2.44. The topological polar surface area (TPSA) is 66.5 Å². The summed E-state index contributed by atoms with van der Waals surface area (Å²) in [7, 11) is 5.09. The lowest BCUT2D eigenvalue weighted by Gasteiger charge is -2.04. The number of hydrogen-bond donors (Lipinski definition) is 0. The van der Waals surface area contributed by atoms with Crippen molar-refractivity contribution in [2.75, 3.05) is 14.2 Å². The van der Waals surface area contributed by atoms with Gasteiger partial charge in [-0.05, 0) is 13.8 Å². The van der Waals surface area contributed by atoms with Crippen LogP contribution < -0.4 is 9.47 Å². The van der Waals surface area contributed by atoms with Gasteiger partial charge in [0.15, 0.2) is 0 Å². The summed E-state index contributed by atoms with van der Waals surface area (Å²) in [6.45, 7) is 3.99. The molecule has 7 heteroatoms. The van der Waals surface area contributed by atoms with E-state index < -0.39 is 0 Å². The zero-order chi connectivity index (χ0) is 15.1. The molecule has 0 aliphatic carbocycles. The summed E-state index contributed by atoms with van der Waals surface area (Å²) in [6, 6.07) is 1.72. The molecule has 0 N–H and O–H groups in total. The van der Waals surface area contributed by atoms with Gasteiger partial charge in [0.25, 0.3) is 0 Å². The zero-order valence-corrected chi connectivity index (χ0v) is 12.7. The maximum atomic E-state index is 5.37. The lowest BCUT2D eigenvalue weighted by atomic mass is 10.1. The summed E-state index contributed by atoms with van der Waals surface area (Å²) in [6.07, 6.45) is 1.90. The minimum atomic E-state index is 0.469. The molecule has 0 saturated carbocycles. The molecule has 21 heavy (non-hydrogen) atoms. The lowest BCUT2D eigenvalue weighted by molar-refractivity contribution is 0.369. The van der Waals surface area contributed by atoms with Crippen molar-refractivity contribution in [1.29, 1.82) is 0 Å². The predicted molar refractivity (Wildman–Crippen MR) is 77.8 cm³/mol. The molecular formula is C14H17N5O2. The first kappa shape index (κ1) is 13.4. The highest BCUT2D eigenvalue weighted by molar-refractivity contribution is 5.67. The summed E-state index contributed by atoms with van der Waals surface area (Å²) in [5.74, 6) is 1.62. The summed E-state index contributed by atoms with van der Waals surface area (Å²) in [5.41, 5.74) is 3.83. The minimum absolute atomic E-state index is 0.469. The number of rotatable bonds is 3. The molecule has 0 bridgehead atoms. The Hall–Kier alpha value is -2.57. The standard InChI is InChI=1S/C14H17N5O2/c1-8-13(9(2)18(3)17-8)10-7-19-12(21-5)6-11(20-4)16-14(19)15-10/h6-7H,1-5H3. The van der Waals surface area contributed by atoms with Crippen LogP contribution in [-0.2, 0) is 7.05 Å². The number of ether oxygens (including phenoxy) is 2. The van der Waals surface area contributed by atoms with Gasteiger partial charge in [-0.3, -0.25) is 9.08 Å². The maximum absolute atomic E-state index is 5.37. The van der Waals surface area contributed by atoms with E-state index >= 15 is 0 Å².